The molecule has 4 rings (SSSR count). The van der Waals surface area contributed by atoms with Crippen LogP contribution in [0.15, 0.2) is 78.9 Å². The summed E-state index contributed by atoms with van der Waals surface area (Å²) >= 11 is 1.34. The molecule has 1 heterocycles. The van der Waals surface area contributed by atoms with E-state index in [1.807, 2.05) is 78.9 Å². The maximum Gasteiger partial charge on any atom is 0.221 e. The molecule has 0 saturated carbocycles. The fourth-order valence-electron chi connectivity index (χ4n) is 2.53. The van der Waals surface area contributed by atoms with E-state index in [0.29, 0.717) is 5.56 Å². The van der Waals surface area contributed by atoms with E-state index in [1.165, 1.54) is 11.7 Å². The number of benzene rings is 3. The van der Waals surface area contributed by atoms with E-state index in [1.54, 1.807) is 0 Å². The van der Waals surface area contributed by atoms with Gasteiger partial charge in [0.2, 0.25) is 7.35 Å². The quantitative estimate of drug-likeness (QED) is 0.386. The number of para-hydroxylation sites is 2. The van der Waals surface area contributed by atoms with Crippen molar-refractivity contribution in [2.24, 2.45) is 0 Å². The van der Waals surface area contributed by atoms with Crippen molar-refractivity contribution in [2.75, 3.05) is 0 Å². The Morgan fingerprint density at radius 2 is 1.62 bits per heavy atom. The molecule has 3 aromatic rings. The van der Waals surface area contributed by atoms with Crippen LogP contribution in [0.1, 0.15) is 16.7 Å². The van der Waals surface area contributed by atoms with Crippen LogP contribution < -0.4 is 8.71 Å². The fraction of sp³-hybridized carbons (Fsp3) is 0. The molecular weight excluding hydrogens is 361 g/mol. The Bertz CT molecular complexity index is 981. The second-order valence-electron chi connectivity index (χ2n) is 5.58. The van der Waals surface area contributed by atoms with Gasteiger partial charge >= 0.3 is 0 Å². The van der Waals surface area contributed by atoms with Crippen molar-refractivity contribution in [3.63, 3.8) is 0 Å². The molecule has 26 heavy (non-hydrogen) atoms. The highest BCUT2D eigenvalue weighted by atomic mass is 32.7. The van der Waals surface area contributed by atoms with E-state index < -0.39 is 7.35 Å². The first-order valence-electron chi connectivity index (χ1n) is 8.02. The molecule has 0 aliphatic carbocycles. The topological polar surface area (TPSA) is 42.2 Å². The number of rotatable bonds is 4. The number of nitriles is 1. The molecule has 1 unspecified atom stereocenters. The lowest BCUT2D eigenvalue weighted by Gasteiger charge is -2.25. The summed E-state index contributed by atoms with van der Waals surface area (Å²) in [5.41, 5.74) is 2.73. The molecule has 3 aromatic carbocycles. The van der Waals surface area contributed by atoms with E-state index in [4.69, 9.17) is 14.0 Å². The standard InChI is InChI=1S/C21H14NO2PS/c22-15-16-10-12-17(13-11-16)21-14-18-6-4-5-9-20(18)23-25(21)26-24-19-7-2-1-3-8-19/h1-14H. The molecule has 0 aromatic heterocycles. The van der Waals surface area contributed by atoms with Gasteiger partial charge in [0, 0.05) is 10.9 Å². The van der Waals surface area contributed by atoms with Gasteiger partial charge in [-0.15, -0.1) is 0 Å². The van der Waals surface area contributed by atoms with Gasteiger partial charge in [0.1, 0.15) is 23.2 Å². The van der Waals surface area contributed by atoms with Crippen LogP contribution in [0.3, 0.4) is 0 Å². The zero-order valence-corrected chi connectivity index (χ0v) is 15.4. The molecule has 126 valence electrons. The van der Waals surface area contributed by atoms with Gasteiger partial charge in [0.25, 0.3) is 0 Å². The van der Waals surface area contributed by atoms with Crippen LogP contribution in [0.25, 0.3) is 11.4 Å². The highest BCUT2D eigenvalue weighted by Gasteiger charge is 2.27. The lowest BCUT2D eigenvalue weighted by Crippen LogP contribution is -1.98. The third-order valence-electron chi connectivity index (χ3n) is 3.84. The van der Waals surface area contributed by atoms with Crippen LogP contribution in [0, 0.1) is 11.3 Å². The summed E-state index contributed by atoms with van der Waals surface area (Å²) in [6, 6.07) is 27.4. The van der Waals surface area contributed by atoms with Crippen molar-refractivity contribution >= 4 is 30.4 Å². The first kappa shape index (κ1) is 16.7. The van der Waals surface area contributed by atoms with Crippen molar-refractivity contribution in [3.05, 3.63) is 95.6 Å². The number of fused-ring (bicyclic) bond motifs is 1. The van der Waals surface area contributed by atoms with Crippen LogP contribution in [-0.4, -0.2) is 0 Å². The maximum absolute atomic E-state index is 9.02. The molecule has 3 nitrogen and oxygen atoms in total. The first-order chi connectivity index (χ1) is 12.8. The Kier molecular flexibility index (Phi) is 4.93. The minimum atomic E-state index is -1.06. The normalized spacial score (nSPS) is 15.2. The van der Waals surface area contributed by atoms with E-state index >= 15 is 0 Å². The Hall–Kier alpha value is -2.73. The van der Waals surface area contributed by atoms with E-state index in [2.05, 4.69) is 12.1 Å². The summed E-state index contributed by atoms with van der Waals surface area (Å²) in [4.78, 5) is 0. The molecule has 0 bridgehead atoms. The van der Waals surface area contributed by atoms with Gasteiger partial charge in [-0.25, -0.2) is 0 Å². The minimum absolute atomic E-state index is 0.643. The summed E-state index contributed by atoms with van der Waals surface area (Å²) in [7, 11) is -1.06. The van der Waals surface area contributed by atoms with Crippen molar-refractivity contribution in [1.82, 2.24) is 0 Å². The van der Waals surface area contributed by atoms with Crippen molar-refractivity contribution in [1.29, 1.82) is 5.26 Å². The molecule has 1 atom stereocenters. The molecule has 1 aliphatic rings. The summed E-state index contributed by atoms with van der Waals surface area (Å²) in [5.74, 6) is 1.65. The van der Waals surface area contributed by atoms with Gasteiger partial charge in [-0.05, 0) is 42.0 Å². The molecule has 0 amide bonds. The second-order valence-corrected chi connectivity index (χ2v) is 8.51. The number of hydrogen-bond donors (Lipinski definition) is 0. The largest absolute Gasteiger partial charge is 0.454 e. The van der Waals surface area contributed by atoms with Gasteiger partial charge < -0.3 is 8.71 Å². The van der Waals surface area contributed by atoms with Gasteiger partial charge in [-0.2, -0.15) is 5.26 Å². The Morgan fingerprint density at radius 1 is 0.885 bits per heavy atom. The lowest BCUT2D eigenvalue weighted by molar-refractivity contribution is 0.620. The highest BCUT2D eigenvalue weighted by molar-refractivity contribution is 8.55. The van der Waals surface area contributed by atoms with Gasteiger partial charge in [0.15, 0.2) is 0 Å². The monoisotopic (exact) mass is 375 g/mol. The summed E-state index contributed by atoms with van der Waals surface area (Å²) in [5, 5.41) is 10.1. The van der Waals surface area contributed by atoms with Crippen LogP contribution >= 0.6 is 19.0 Å². The summed E-state index contributed by atoms with van der Waals surface area (Å²) < 4.78 is 12.1. The molecular formula is C21H14NO2PS. The van der Waals surface area contributed by atoms with E-state index in [-0.39, 0.29) is 0 Å². The SMILES string of the molecule is N#Cc1ccc(C2=Cc3ccccc3OP2SOc2ccccc2)cc1. The van der Waals surface area contributed by atoms with Crippen LogP contribution in [0.4, 0.5) is 0 Å². The predicted octanol–water partition coefficient (Wildman–Crippen LogP) is 6.49. The second kappa shape index (κ2) is 7.66. The maximum atomic E-state index is 9.02. The van der Waals surface area contributed by atoms with E-state index in [0.717, 1.165) is 27.9 Å². The zero-order chi connectivity index (χ0) is 17.8. The van der Waals surface area contributed by atoms with Gasteiger partial charge in [0.05, 0.1) is 11.6 Å². The van der Waals surface area contributed by atoms with Crippen molar-refractivity contribution in [2.45, 2.75) is 0 Å². The van der Waals surface area contributed by atoms with Crippen molar-refractivity contribution in [3.8, 4) is 17.6 Å². The highest BCUT2D eigenvalue weighted by Crippen LogP contribution is 2.64. The molecule has 0 spiro atoms. The summed E-state index contributed by atoms with van der Waals surface area (Å²) in [6.45, 7) is 0. The van der Waals surface area contributed by atoms with Crippen LogP contribution in [0.2, 0.25) is 0 Å². The molecule has 0 radical (unpaired) electrons. The third kappa shape index (κ3) is 3.60. The van der Waals surface area contributed by atoms with Gasteiger partial charge in [-0.1, -0.05) is 48.5 Å². The molecule has 0 N–H and O–H groups in total. The molecule has 0 saturated heterocycles. The summed E-state index contributed by atoms with van der Waals surface area (Å²) in [6.07, 6.45) is 2.15. The van der Waals surface area contributed by atoms with Crippen LogP contribution in [-0.2, 0) is 0 Å². The molecule has 0 fully saturated rings. The third-order valence-corrected chi connectivity index (χ3v) is 6.83. The first-order valence-corrected chi connectivity index (χ1v) is 10.6. The van der Waals surface area contributed by atoms with Crippen molar-refractivity contribution < 1.29 is 8.71 Å². The Balaban J connectivity index is 1.65. The predicted molar refractivity (Wildman–Crippen MR) is 108 cm³/mol. The number of hydrogen-bond acceptors (Lipinski definition) is 4. The van der Waals surface area contributed by atoms with Crippen LogP contribution in [0.5, 0.6) is 11.5 Å². The smallest absolute Gasteiger partial charge is 0.221 e. The zero-order valence-electron chi connectivity index (χ0n) is 13.7. The lowest BCUT2D eigenvalue weighted by atomic mass is 10.1. The average Bonchev–Trinajstić information content (AvgIpc) is 2.72. The number of nitrogens with zero attached hydrogens (tertiary/aromatic N) is 1. The average molecular weight is 375 g/mol. The Labute approximate surface area is 157 Å². The van der Waals surface area contributed by atoms with E-state index in [9.17, 15) is 0 Å². The van der Waals surface area contributed by atoms with Gasteiger partial charge in [-0.3, -0.25) is 0 Å². The molecule has 1 aliphatic heterocycles. The fourth-order valence-corrected chi connectivity index (χ4v) is 5.47. The minimum Gasteiger partial charge on any atom is -0.454 e. The molecule has 5 heteroatoms. The Morgan fingerprint density at radius 3 is 2.38 bits per heavy atom.